The molecule has 1 atom stereocenters. The summed E-state index contributed by atoms with van der Waals surface area (Å²) in [5, 5.41) is 0.671. The average molecular weight is 248 g/mol. The molecule has 3 nitrogen and oxygen atoms in total. The van der Waals surface area contributed by atoms with Crippen molar-refractivity contribution in [2.45, 2.75) is 25.3 Å². The van der Waals surface area contributed by atoms with Crippen molar-refractivity contribution in [2.75, 3.05) is 0 Å². The Kier molecular flexibility index (Phi) is 2.65. The van der Waals surface area contributed by atoms with Gasteiger partial charge < -0.3 is 10.3 Å². The lowest BCUT2D eigenvalue weighted by Gasteiger charge is -2.20. The van der Waals surface area contributed by atoms with Crippen molar-refractivity contribution in [2.24, 2.45) is 5.73 Å². The number of hydrogen-bond acceptors (Lipinski definition) is 2. The minimum atomic E-state index is 0.155. The van der Waals surface area contributed by atoms with E-state index in [1.54, 1.807) is 6.20 Å². The normalized spacial score (nSPS) is 19.1. The second kappa shape index (κ2) is 4.17. The smallest absolute Gasteiger partial charge is 0.155 e. The van der Waals surface area contributed by atoms with Crippen LogP contribution in [0.2, 0.25) is 5.02 Å². The molecule has 2 aromatic heterocycles. The molecule has 0 bridgehead atoms. The summed E-state index contributed by atoms with van der Waals surface area (Å²) in [6.07, 6.45) is 7.01. The lowest BCUT2D eigenvalue weighted by Crippen LogP contribution is -2.18. The van der Waals surface area contributed by atoms with E-state index < -0.39 is 0 Å². The molecule has 0 saturated heterocycles. The topological polar surface area (TPSA) is 43.8 Å². The van der Waals surface area contributed by atoms with Crippen molar-refractivity contribution in [3.63, 3.8) is 0 Å². The molecule has 0 amide bonds. The van der Waals surface area contributed by atoms with Gasteiger partial charge >= 0.3 is 0 Å². The van der Waals surface area contributed by atoms with Crippen LogP contribution in [-0.4, -0.2) is 9.55 Å². The summed E-state index contributed by atoms with van der Waals surface area (Å²) in [5.41, 5.74) is 8.60. The molecule has 0 fully saturated rings. The highest BCUT2D eigenvalue weighted by Crippen LogP contribution is 2.31. The summed E-state index contributed by atoms with van der Waals surface area (Å²) in [6.45, 7) is 0. The van der Waals surface area contributed by atoms with E-state index in [1.165, 1.54) is 11.3 Å². The molecular weight excluding hydrogens is 234 g/mol. The highest BCUT2D eigenvalue weighted by Gasteiger charge is 2.21. The fourth-order valence-electron chi connectivity index (χ4n) is 2.48. The van der Waals surface area contributed by atoms with E-state index >= 15 is 0 Å². The number of nitrogens with zero attached hydrogens (tertiary/aromatic N) is 2. The van der Waals surface area contributed by atoms with E-state index in [0.717, 1.165) is 25.1 Å². The van der Waals surface area contributed by atoms with Crippen LogP contribution < -0.4 is 5.73 Å². The zero-order valence-corrected chi connectivity index (χ0v) is 10.2. The average Bonchev–Trinajstić information content (AvgIpc) is 2.75. The Balaban J connectivity index is 2.14. The number of rotatable bonds is 1. The molecule has 0 radical (unpaired) electrons. The van der Waals surface area contributed by atoms with Crippen LogP contribution in [0.3, 0.4) is 0 Å². The first-order valence-corrected chi connectivity index (χ1v) is 6.22. The zero-order valence-electron chi connectivity index (χ0n) is 9.44. The van der Waals surface area contributed by atoms with Crippen LogP contribution in [-0.2, 0) is 6.42 Å². The van der Waals surface area contributed by atoms with Crippen LogP contribution in [0.4, 0.5) is 0 Å². The Bertz CT molecular complexity index is 547. The standard InChI is InChI=1S/C13H14ClN3/c14-10-3-2-7-16-13(10)17-8-6-9-11(15)4-1-5-12(9)17/h2-3,6-8,11H,1,4-5,15H2. The first-order chi connectivity index (χ1) is 8.27. The van der Waals surface area contributed by atoms with Gasteiger partial charge in [0.15, 0.2) is 5.82 Å². The Morgan fingerprint density at radius 3 is 3.12 bits per heavy atom. The minimum Gasteiger partial charge on any atom is -0.324 e. The molecule has 0 aromatic carbocycles. The van der Waals surface area contributed by atoms with Gasteiger partial charge in [-0.25, -0.2) is 4.98 Å². The molecule has 0 spiro atoms. The fourth-order valence-corrected chi connectivity index (χ4v) is 2.69. The molecule has 1 aliphatic rings. The second-order valence-electron chi connectivity index (χ2n) is 4.40. The molecule has 4 heteroatoms. The molecule has 0 aliphatic heterocycles. The number of halogens is 1. The van der Waals surface area contributed by atoms with Gasteiger partial charge in [-0.2, -0.15) is 0 Å². The molecule has 1 aliphatic carbocycles. The fraction of sp³-hybridized carbons (Fsp3) is 0.308. The number of fused-ring (bicyclic) bond motifs is 1. The third-order valence-electron chi connectivity index (χ3n) is 3.32. The molecule has 1 unspecified atom stereocenters. The van der Waals surface area contributed by atoms with Crippen LogP contribution >= 0.6 is 11.6 Å². The van der Waals surface area contributed by atoms with E-state index in [-0.39, 0.29) is 6.04 Å². The van der Waals surface area contributed by atoms with Gasteiger partial charge in [0.1, 0.15) is 0 Å². The van der Waals surface area contributed by atoms with Crippen LogP contribution in [0, 0.1) is 0 Å². The Morgan fingerprint density at radius 2 is 2.29 bits per heavy atom. The van der Waals surface area contributed by atoms with E-state index in [9.17, 15) is 0 Å². The first-order valence-electron chi connectivity index (χ1n) is 5.84. The largest absolute Gasteiger partial charge is 0.324 e. The van der Waals surface area contributed by atoms with Gasteiger partial charge in [-0.3, -0.25) is 0 Å². The lowest BCUT2D eigenvalue weighted by molar-refractivity contribution is 0.559. The minimum absolute atomic E-state index is 0.155. The number of hydrogen-bond donors (Lipinski definition) is 1. The molecule has 2 aromatic rings. The quantitative estimate of drug-likeness (QED) is 0.842. The SMILES string of the molecule is NC1CCCc2c1ccn2-c1ncccc1Cl. The summed E-state index contributed by atoms with van der Waals surface area (Å²) in [4.78, 5) is 4.34. The number of nitrogens with two attached hydrogens (primary N) is 1. The molecule has 17 heavy (non-hydrogen) atoms. The van der Waals surface area contributed by atoms with Crippen molar-refractivity contribution in [3.05, 3.63) is 46.9 Å². The van der Waals surface area contributed by atoms with Crippen LogP contribution in [0.5, 0.6) is 0 Å². The van der Waals surface area contributed by atoms with Gasteiger partial charge in [0.05, 0.1) is 5.02 Å². The maximum absolute atomic E-state index is 6.18. The molecule has 2 N–H and O–H groups in total. The summed E-state index contributed by atoms with van der Waals surface area (Å²) >= 11 is 6.18. The molecular formula is C13H14ClN3. The van der Waals surface area contributed by atoms with E-state index in [2.05, 4.69) is 15.6 Å². The van der Waals surface area contributed by atoms with Crippen molar-refractivity contribution >= 4 is 11.6 Å². The summed E-state index contributed by atoms with van der Waals surface area (Å²) in [6, 6.07) is 5.94. The number of pyridine rings is 1. The van der Waals surface area contributed by atoms with Crippen molar-refractivity contribution in [3.8, 4) is 5.82 Å². The predicted octanol–water partition coefficient (Wildman–Crippen LogP) is 2.86. The molecule has 2 heterocycles. The maximum atomic E-state index is 6.18. The predicted molar refractivity (Wildman–Crippen MR) is 68.4 cm³/mol. The summed E-state index contributed by atoms with van der Waals surface area (Å²) in [7, 11) is 0. The van der Waals surface area contributed by atoms with Crippen molar-refractivity contribution < 1.29 is 0 Å². The van der Waals surface area contributed by atoms with E-state index in [1.807, 2.05) is 18.3 Å². The highest BCUT2D eigenvalue weighted by molar-refractivity contribution is 6.32. The molecule has 0 saturated carbocycles. The Hall–Kier alpha value is -1.32. The van der Waals surface area contributed by atoms with Gasteiger partial charge in [0.2, 0.25) is 0 Å². The lowest BCUT2D eigenvalue weighted by atomic mass is 9.94. The van der Waals surface area contributed by atoms with Crippen molar-refractivity contribution in [1.82, 2.24) is 9.55 Å². The monoisotopic (exact) mass is 247 g/mol. The third kappa shape index (κ3) is 1.75. The first kappa shape index (κ1) is 10.8. The van der Waals surface area contributed by atoms with Gasteiger partial charge in [-0.15, -0.1) is 0 Å². The van der Waals surface area contributed by atoms with E-state index in [4.69, 9.17) is 17.3 Å². The van der Waals surface area contributed by atoms with Gasteiger partial charge in [0.25, 0.3) is 0 Å². The Morgan fingerprint density at radius 1 is 1.41 bits per heavy atom. The maximum Gasteiger partial charge on any atom is 0.155 e. The van der Waals surface area contributed by atoms with E-state index in [0.29, 0.717) is 5.02 Å². The Labute approximate surface area is 105 Å². The second-order valence-corrected chi connectivity index (χ2v) is 4.80. The van der Waals surface area contributed by atoms with Gasteiger partial charge in [0, 0.05) is 24.1 Å². The summed E-state index contributed by atoms with van der Waals surface area (Å²) in [5.74, 6) is 0.796. The van der Waals surface area contributed by atoms with Gasteiger partial charge in [-0.1, -0.05) is 11.6 Å². The van der Waals surface area contributed by atoms with Crippen LogP contribution in [0.1, 0.15) is 30.1 Å². The highest BCUT2D eigenvalue weighted by atomic mass is 35.5. The third-order valence-corrected chi connectivity index (χ3v) is 3.62. The zero-order chi connectivity index (χ0) is 11.8. The van der Waals surface area contributed by atoms with Crippen molar-refractivity contribution in [1.29, 1.82) is 0 Å². The summed E-state index contributed by atoms with van der Waals surface area (Å²) < 4.78 is 2.07. The molecule has 88 valence electrons. The van der Waals surface area contributed by atoms with Gasteiger partial charge in [-0.05, 0) is 43.0 Å². The van der Waals surface area contributed by atoms with Crippen LogP contribution in [0.15, 0.2) is 30.6 Å². The molecule has 3 rings (SSSR count). The number of aromatic nitrogens is 2. The van der Waals surface area contributed by atoms with Crippen LogP contribution in [0.25, 0.3) is 5.82 Å².